The number of amides is 2. The zero-order valence-electron chi connectivity index (χ0n) is 33.6. The number of fused-ring (bicyclic) bond motifs is 3. The lowest BCUT2D eigenvalue weighted by Crippen LogP contribution is -2.45. The Morgan fingerprint density at radius 2 is 1.58 bits per heavy atom. The molecule has 1 aromatic heterocycles. The number of para-hydroxylation sites is 3. The molecule has 0 saturated carbocycles. The van der Waals surface area contributed by atoms with Crippen LogP contribution in [0.3, 0.4) is 0 Å². The molecule has 9 rings (SSSR count). The number of hydrogen-bond acceptors (Lipinski definition) is 8. The van der Waals surface area contributed by atoms with Crippen molar-refractivity contribution in [2.45, 2.75) is 63.5 Å². The van der Waals surface area contributed by atoms with Crippen LogP contribution in [0.1, 0.15) is 61.2 Å². The first-order valence-corrected chi connectivity index (χ1v) is 20.1. The summed E-state index contributed by atoms with van der Waals surface area (Å²) in [6.07, 6.45) is 1.10. The molecule has 0 aliphatic carbocycles. The Labute approximate surface area is 343 Å². The van der Waals surface area contributed by atoms with Gasteiger partial charge in [-0.15, -0.1) is 5.10 Å². The number of methoxy groups -OCH3 is 1. The van der Waals surface area contributed by atoms with Gasteiger partial charge >= 0.3 is 0 Å². The summed E-state index contributed by atoms with van der Waals surface area (Å²) in [4.78, 5) is 31.9. The maximum absolute atomic E-state index is 15.3. The SMILES string of the molecule is COc1ccc(C(C)(C)[C@H]2[C@H](CCn3cc([C@H](O)c4ccccc4)nn3)O[C@@]3(C(=O)N(Cc4ccc(N5C(=O)COc6ccccc65)cc4)c4ccccc43)[C@@H]2C)cc1. The van der Waals surface area contributed by atoms with Gasteiger partial charge in [-0.1, -0.05) is 111 Å². The molecular formula is C48H47N5O6. The van der Waals surface area contributed by atoms with Crippen molar-refractivity contribution in [3.8, 4) is 11.5 Å². The maximum Gasteiger partial charge on any atom is 0.269 e. The first kappa shape index (κ1) is 38.2. The van der Waals surface area contributed by atoms with Crippen LogP contribution >= 0.6 is 0 Å². The molecule has 300 valence electrons. The Hall–Kier alpha value is -6.30. The fourth-order valence-corrected chi connectivity index (χ4v) is 9.63. The van der Waals surface area contributed by atoms with E-state index in [9.17, 15) is 9.90 Å². The van der Waals surface area contributed by atoms with Crippen LogP contribution in [0.25, 0.3) is 0 Å². The summed E-state index contributed by atoms with van der Waals surface area (Å²) in [5, 5.41) is 19.7. The second-order valence-electron chi connectivity index (χ2n) is 16.2. The van der Waals surface area contributed by atoms with Crippen molar-refractivity contribution in [1.29, 1.82) is 0 Å². The molecule has 59 heavy (non-hydrogen) atoms. The van der Waals surface area contributed by atoms with E-state index in [4.69, 9.17) is 14.2 Å². The molecule has 0 unspecified atom stereocenters. The third-order valence-electron chi connectivity index (χ3n) is 12.6. The van der Waals surface area contributed by atoms with E-state index in [0.29, 0.717) is 36.6 Å². The molecule has 5 atom stereocenters. The molecule has 0 bridgehead atoms. The number of ether oxygens (including phenoxy) is 3. The minimum Gasteiger partial charge on any atom is -0.497 e. The van der Waals surface area contributed by atoms with Crippen molar-refractivity contribution in [2.24, 2.45) is 11.8 Å². The molecule has 11 heteroatoms. The highest BCUT2D eigenvalue weighted by Crippen LogP contribution is 2.60. The van der Waals surface area contributed by atoms with Crippen LogP contribution in [-0.4, -0.2) is 51.7 Å². The highest BCUT2D eigenvalue weighted by atomic mass is 16.5. The Morgan fingerprint density at radius 3 is 2.32 bits per heavy atom. The van der Waals surface area contributed by atoms with Gasteiger partial charge in [0, 0.05) is 29.6 Å². The molecule has 4 heterocycles. The van der Waals surface area contributed by atoms with Gasteiger partial charge in [0.2, 0.25) is 0 Å². The number of carbonyl (C=O) groups excluding carboxylic acids is 2. The van der Waals surface area contributed by atoms with Crippen LogP contribution in [0.2, 0.25) is 0 Å². The number of aliphatic hydroxyl groups is 1. The number of aromatic nitrogens is 3. The van der Waals surface area contributed by atoms with Crippen molar-refractivity contribution in [1.82, 2.24) is 15.0 Å². The number of aryl methyl sites for hydroxylation is 1. The average Bonchev–Trinajstić information content (AvgIpc) is 3.93. The topological polar surface area (TPSA) is 119 Å². The normalized spacial score (nSPS) is 21.7. The van der Waals surface area contributed by atoms with Crippen LogP contribution in [0.4, 0.5) is 17.1 Å². The molecule has 5 aromatic carbocycles. The fourth-order valence-electron chi connectivity index (χ4n) is 9.63. The van der Waals surface area contributed by atoms with Gasteiger partial charge in [-0.3, -0.25) is 19.2 Å². The van der Waals surface area contributed by atoms with Crippen molar-refractivity contribution in [3.63, 3.8) is 0 Å². The number of aliphatic hydroxyl groups excluding tert-OH is 1. The van der Waals surface area contributed by atoms with Gasteiger partial charge in [0.05, 0.1) is 37.3 Å². The molecule has 11 nitrogen and oxygen atoms in total. The van der Waals surface area contributed by atoms with Crippen molar-refractivity contribution in [3.05, 3.63) is 162 Å². The van der Waals surface area contributed by atoms with Gasteiger partial charge in [0.1, 0.15) is 23.3 Å². The quantitative estimate of drug-likeness (QED) is 0.141. The molecule has 1 fully saturated rings. The molecule has 0 radical (unpaired) electrons. The van der Waals surface area contributed by atoms with Crippen LogP contribution in [0.5, 0.6) is 11.5 Å². The number of rotatable bonds is 11. The number of hydrogen-bond donors (Lipinski definition) is 1. The van der Waals surface area contributed by atoms with E-state index in [1.165, 1.54) is 0 Å². The predicted octanol–water partition coefficient (Wildman–Crippen LogP) is 7.89. The Bertz CT molecular complexity index is 2490. The van der Waals surface area contributed by atoms with E-state index in [2.05, 4.69) is 43.2 Å². The van der Waals surface area contributed by atoms with Crippen molar-refractivity contribution in [2.75, 3.05) is 23.5 Å². The van der Waals surface area contributed by atoms with Gasteiger partial charge < -0.3 is 24.2 Å². The summed E-state index contributed by atoms with van der Waals surface area (Å²) in [5.74, 6) is 0.858. The van der Waals surface area contributed by atoms with E-state index in [1.54, 1.807) is 22.9 Å². The van der Waals surface area contributed by atoms with Crippen molar-refractivity contribution < 1.29 is 28.9 Å². The number of carbonyl (C=O) groups is 2. The van der Waals surface area contributed by atoms with Crippen LogP contribution in [-0.2, 0) is 38.4 Å². The summed E-state index contributed by atoms with van der Waals surface area (Å²) in [6.45, 7) is 7.38. The first-order chi connectivity index (χ1) is 28.6. The van der Waals surface area contributed by atoms with Gasteiger partial charge in [-0.05, 0) is 71.0 Å². The summed E-state index contributed by atoms with van der Waals surface area (Å²) in [7, 11) is 1.66. The first-order valence-electron chi connectivity index (χ1n) is 20.1. The standard InChI is InChI=1S/C48H47N5O6/c1-31-44(47(2,3)34-20-24-36(57-4)25-21-34)42(26-27-51-29-38(49-50-51)45(55)33-12-6-5-7-13-33)59-48(31)37-14-8-9-15-39(37)52(46(48)56)28-32-18-22-35(23-19-32)53-40-16-10-11-17-41(40)58-30-43(53)54/h5-25,29,31,42,44-45,55H,26-28,30H2,1-4H3/t31-,42+,44-,45-,48+/m1/s1. The van der Waals surface area contributed by atoms with Gasteiger partial charge in [0.25, 0.3) is 11.8 Å². The molecule has 3 aliphatic heterocycles. The zero-order chi connectivity index (χ0) is 40.9. The third-order valence-corrected chi connectivity index (χ3v) is 12.6. The average molecular weight is 790 g/mol. The summed E-state index contributed by atoms with van der Waals surface area (Å²) in [5.41, 5.74) is 4.69. The number of nitrogens with zero attached hydrogens (tertiary/aromatic N) is 5. The Morgan fingerprint density at radius 1 is 0.881 bits per heavy atom. The minimum atomic E-state index is -1.24. The second kappa shape index (κ2) is 15.1. The fraction of sp³-hybridized carbons (Fsp3) is 0.292. The Kier molecular flexibility index (Phi) is 9.81. The maximum atomic E-state index is 15.3. The van der Waals surface area contributed by atoms with E-state index in [1.807, 2.05) is 120 Å². The molecule has 1 spiro atoms. The lowest BCUT2D eigenvalue weighted by molar-refractivity contribution is -0.146. The van der Waals surface area contributed by atoms with Crippen molar-refractivity contribution >= 4 is 28.9 Å². The van der Waals surface area contributed by atoms with Gasteiger partial charge in [-0.2, -0.15) is 0 Å². The lowest BCUT2D eigenvalue weighted by Gasteiger charge is -2.38. The van der Waals surface area contributed by atoms with E-state index in [-0.39, 0.29) is 36.4 Å². The second-order valence-corrected chi connectivity index (χ2v) is 16.2. The smallest absolute Gasteiger partial charge is 0.269 e. The summed E-state index contributed by atoms with van der Waals surface area (Å²) < 4.78 is 20.2. The molecule has 2 amide bonds. The summed E-state index contributed by atoms with van der Waals surface area (Å²) >= 11 is 0. The van der Waals surface area contributed by atoms with E-state index >= 15 is 4.79 Å². The number of benzene rings is 5. The highest BCUT2D eigenvalue weighted by Gasteiger charge is 2.65. The molecule has 1 N–H and O–H groups in total. The van der Waals surface area contributed by atoms with E-state index < -0.39 is 17.1 Å². The monoisotopic (exact) mass is 789 g/mol. The predicted molar refractivity (Wildman–Crippen MR) is 224 cm³/mol. The van der Waals surface area contributed by atoms with Crippen LogP contribution < -0.4 is 19.3 Å². The number of anilines is 3. The van der Waals surface area contributed by atoms with Gasteiger partial charge in [0.15, 0.2) is 12.2 Å². The zero-order valence-corrected chi connectivity index (χ0v) is 33.6. The highest BCUT2D eigenvalue weighted by molar-refractivity contribution is 6.07. The van der Waals surface area contributed by atoms with Gasteiger partial charge in [-0.25, -0.2) is 0 Å². The molecule has 3 aliphatic rings. The Balaban J connectivity index is 1.03. The largest absolute Gasteiger partial charge is 0.497 e. The minimum absolute atomic E-state index is 0.0351. The molecular weight excluding hydrogens is 743 g/mol. The van der Waals surface area contributed by atoms with Crippen LogP contribution in [0.15, 0.2) is 134 Å². The summed E-state index contributed by atoms with van der Waals surface area (Å²) in [6, 6.07) is 40.8. The van der Waals surface area contributed by atoms with Crippen LogP contribution in [0, 0.1) is 11.8 Å². The molecule has 1 saturated heterocycles. The molecule has 6 aromatic rings. The van der Waals surface area contributed by atoms with E-state index in [0.717, 1.165) is 39.4 Å². The lowest BCUT2D eigenvalue weighted by atomic mass is 9.63. The third kappa shape index (κ3) is 6.54.